The highest BCUT2D eigenvalue weighted by atomic mass is 16.6. The zero-order valence-electron chi connectivity index (χ0n) is 17.7. The Morgan fingerprint density at radius 1 is 0.793 bits per heavy atom. The van der Waals surface area contributed by atoms with Gasteiger partial charge in [-0.25, -0.2) is 9.59 Å². The van der Waals surface area contributed by atoms with Crippen LogP contribution in [0, 0.1) is 0 Å². The third kappa shape index (κ3) is 17.7. The molecule has 0 aliphatic heterocycles. The average molecular weight is 421 g/mol. The van der Waals surface area contributed by atoms with Gasteiger partial charge in [-0.05, 0) is 32.9 Å². The Hall–Kier alpha value is -2.11. The maximum Gasteiger partial charge on any atom is 0.406 e. The molecule has 0 unspecified atom stereocenters. The molecule has 0 radical (unpaired) electrons. The summed E-state index contributed by atoms with van der Waals surface area (Å²) in [4.78, 5) is 34.1. The van der Waals surface area contributed by atoms with E-state index in [0.717, 1.165) is 19.4 Å². The number of ether oxygens (including phenoxy) is 4. The predicted molar refractivity (Wildman–Crippen MR) is 107 cm³/mol. The van der Waals surface area contributed by atoms with Crippen molar-refractivity contribution in [1.29, 1.82) is 0 Å². The van der Waals surface area contributed by atoms with E-state index in [0.29, 0.717) is 32.6 Å². The van der Waals surface area contributed by atoms with Gasteiger partial charge in [-0.1, -0.05) is 0 Å². The first-order chi connectivity index (χ1) is 14.0. The Morgan fingerprint density at radius 2 is 1.45 bits per heavy atom. The summed E-state index contributed by atoms with van der Waals surface area (Å²) in [6, 6.07) is 0. The summed E-state index contributed by atoms with van der Waals surface area (Å²) in [5, 5.41) is 10.5. The van der Waals surface area contributed by atoms with Gasteiger partial charge in [-0.3, -0.25) is 4.79 Å². The maximum absolute atomic E-state index is 11.8. The fourth-order valence-electron chi connectivity index (χ4n) is 2.07. The summed E-state index contributed by atoms with van der Waals surface area (Å²) >= 11 is 0. The van der Waals surface area contributed by atoms with Crippen LogP contribution in [0.3, 0.4) is 0 Å². The van der Waals surface area contributed by atoms with Gasteiger partial charge in [0.25, 0.3) is 0 Å². The zero-order chi connectivity index (χ0) is 21.7. The van der Waals surface area contributed by atoms with Crippen molar-refractivity contribution in [3.05, 3.63) is 0 Å². The standard InChI is InChI=1S/C18H36N4O7/c1-19-8-4-5-10-26-12-9-22-16(23)7-6-11-27-15(13-28-17(24)20-2)14-29-18(25)21-3/h15,19H,4-14H2,1-3H3,(H,20,24)(H,21,25)(H,22,23). The molecule has 0 aliphatic rings. The monoisotopic (exact) mass is 420 g/mol. The summed E-state index contributed by atoms with van der Waals surface area (Å²) in [5.74, 6) is -0.0906. The summed E-state index contributed by atoms with van der Waals surface area (Å²) in [7, 11) is 4.79. The number of carbonyl (C=O) groups is 3. The predicted octanol–water partition coefficient (Wildman–Crippen LogP) is -0.00380. The van der Waals surface area contributed by atoms with Gasteiger partial charge in [0.2, 0.25) is 5.91 Å². The van der Waals surface area contributed by atoms with E-state index >= 15 is 0 Å². The molecule has 0 aliphatic carbocycles. The number of unbranched alkanes of at least 4 members (excludes halogenated alkanes) is 1. The largest absolute Gasteiger partial charge is 0.447 e. The molecule has 170 valence electrons. The summed E-state index contributed by atoms with van der Waals surface area (Å²) < 4.78 is 20.8. The molecular weight excluding hydrogens is 384 g/mol. The molecule has 0 aromatic heterocycles. The molecule has 0 saturated carbocycles. The second-order valence-corrected chi connectivity index (χ2v) is 6.07. The highest BCUT2D eigenvalue weighted by Crippen LogP contribution is 2.00. The number of alkyl carbamates (subject to hydrolysis) is 2. The average Bonchev–Trinajstić information content (AvgIpc) is 2.73. The third-order valence-corrected chi connectivity index (χ3v) is 3.64. The Labute approximate surface area is 172 Å². The highest BCUT2D eigenvalue weighted by molar-refractivity contribution is 5.75. The van der Waals surface area contributed by atoms with Gasteiger partial charge in [-0.2, -0.15) is 0 Å². The van der Waals surface area contributed by atoms with Gasteiger partial charge in [0.15, 0.2) is 0 Å². The first-order valence-electron chi connectivity index (χ1n) is 9.83. The molecular formula is C18H36N4O7. The lowest BCUT2D eigenvalue weighted by molar-refractivity contribution is -0.121. The molecule has 0 rings (SSSR count). The zero-order valence-corrected chi connectivity index (χ0v) is 17.7. The highest BCUT2D eigenvalue weighted by Gasteiger charge is 2.15. The van der Waals surface area contributed by atoms with E-state index in [1.165, 1.54) is 14.1 Å². The van der Waals surface area contributed by atoms with Crippen molar-refractivity contribution in [1.82, 2.24) is 21.3 Å². The topological polar surface area (TPSA) is 136 Å². The van der Waals surface area contributed by atoms with Crippen LogP contribution in [0.5, 0.6) is 0 Å². The van der Waals surface area contributed by atoms with Crippen molar-refractivity contribution in [3.63, 3.8) is 0 Å². The number of rotatable bonds is 17. The van der Waals surface area contributed by atoms with Gasteiger partial charge in [0, 0.05) is 40.3 Å². The van der Waals surface area contributed by atoms with Crippen molar-refractivity contribution >= 4 is 18.1 Å². The lowest BCUT2D eigenvalue weighted by Gasteiger charge is -2.17. The minimum atomic E-state index is -0.621. The van der Waals surface area contributed by atoms with E-state index in [2.05, 4.69) is 21.3 Å². The van der Waals surface area contributed by atoms with Gasteiger partial charge in [-0.15, -0.1) is 0 Å². The van der Waals surface area contributed by atoms with E-state index in [4.69, 9.17) is 18.9 Å². The van der Waals surface area contributed by atoms with Crippen molar-refractivity contribution < 1.29 is 33.3 Å². The van der Waals surface area contributed by atoms with Crippen LogP contribution >= 0.6 is 0 Å². The molecule has 0 spiro atoms. The van der Waals surface area contributed by atoms with Crippen molar-refractivity contribution in [2.45, 2.75) is 31.8 Å². The molecule has 0 heterocycles. The number of nitrogens with one attached hydrogen (secondary N) is 4. The summed E-state index contributed by atoms with van der Waals surface area (Å²) in [6.45, 7) is 2.71. The van der Waals surface area contributed by atoms with Crippen LogP contribution < -0.4 is 21.3 Å². The van der Waals surface area contributed by atoms with Crippen LogP contribution in [0.1, 0.15) is 25.7 Å². The first-order valence-corrected chi connectivity index (χ1v) is 9.83. The Kier molecular flexibility index (Phi) is 17.8. The molecule has 0 bridgehead atoms. The molecule has 0 fully saturated rings. The normalized spacial score (nSPS) is 10.5. The van der Waals surface area contributed by atoms with Crippen molar-refractivity contribution in [2.75, 3.05) is 67.3 Å². The van der Waals surface area contributed by atoms with Crippen LogP contribution in [-0.4, -0.2) is 91.5 Å². The maximum atomic E-state index is 11.8. The molecule has 4 N–H and O–H groups in total. The van der Waals surface area contributed by atoms with E-state index in [-0.39, 0.29) is 25.7 Å². The van der Waals surface area contributed by atoms with E-state index in [9.17, 15) is 14.4 Å². The number of hydrogen-bond acceptors (Lipinski definition) is 8. The molecule has 0 aromatic rings. The number of hydrogen-bond donors (Lipinski definition) is 4. The Morgan fingerprint density at radius 3 is 2.03 bits per heavy atom. The molecule has 11 nitrogen and oxygen atoms in total. The molecule has 0 atom stereocenters. The van der Waals surface area contributed by atoms with Crippen LogP contribution in [0.4, 0.5) is 9.59 Å². The fraction of sp³-hybridized carbons (Fsp3) is 0.833. The molecule has 0 aromatic carbocycles. The molecule has 29 heavy (non-hydrogen) atoms. The lowest BCUT2D eigenvalue weighted by Crippen LogP contribution is -2.33. The Balaban J connectivity index is 3.85. The minimum Gasteiger partial charge on any atom is -0.447 e. The first kappa shape index (κ1) is 26.9. The third-order valence-electron chi connectivity index (χ3n) is 3.64. The molecule has 3 amide bonds. The lowest BCUT2D eigenvalue weighted by atomic mass is 10.3. The molecule has 11 heteroatoms. The quantitative estimate of drug-likeness (QED) is 0.241. The second kappa shape index (κ2) is 19.2. The second-order valence-electron chi connectivity index (χ2n) is 6.07. The van der Waals surface area contributed by atoms with E-state index in [1.54, 1.807) is 0 Å². The fourth-order valence-corrected chi connectivity index (χ4v) is 2.07. The summed E-state index contributed by atoms with van der Waals surface area (Å²) in [5.41, 5.74) is 0. The van der Waals surface area contributed by atoms with Gasteiger partial charge in [0.05, 0.1) is 6.61 Å². The van der Waals surface area contributed by atoms with E-state index < -0.39 is 18.3 Å². The van der Waals surface area contributed by atoms with Gasteiger partial charge in [0.1, 0.15) is 19.3 Å². The SMILES string of the molecule is CNCCCCOCCNC(=O)CCCOC(COC(=O)NC)COC(=O)NC. The summed E-state index contributed by atoms with van der Waals surface area (Å²) in [6.07, 6.45) is 0.981. The number of carbonyl (C=O) groups excluding carboxylic acids is 3. The van der Waals surface area contributed by atoms with Crippen molar-refractivity contribution in [3.8, 4) is 0 Å². The number of amides is 3. The van der Waals surface area contributed by atoms with Crippen LogP contribution in [-0.2, 0) is 23.7 Å². The molecule has 0 saturated heterocycles. The van der Waals surface area contributed by atoms with Crippen LogP contribution in [0.15, 0.2) is 0 Å². The Bertz CT molecular complexity index is 432. The van der Waals surface area contributed by atoms with Crippen LogP contribution in [0.25, 0.3) is 0 Å². The smallest absolute Gasteiger partial charge is 0.406 e. The van der Waals surface area contributed by atoms with E-state index in [1.807, 2.05) is 7.05 Å². The van der Waals surface area contributed by atoms with Gasteiger partial charge < -0.3 is 40.2 Å². The van der Waals surface area contributed by atoms with Crippen LogP contribution in [0.2, 0.25) is 0 Å². The van der Waals surface area contributed by atoms with Crippen molar-refractivity contribution in [2.24, 2.45) is 0 Å². The minimum absolute atomic E-state index is 0.0749. The van der Waals surface area contributed by atoms with Gasteiger partial charge >= 0.3 is 12.2 Å².